The summed E-state index contributed by atoms with van der Waals surface area (Å²) >= 11 is 0. The summed E-state index contributed by atoms with van der Waals surface area (Å²) in [7, 11) is 0. The lowest BCUT2D eigenvalue weighted by Crippen LogP contribution is -2.49. The number of aromatic hydroxyl groups is 6. The molecule has 0 amide bonds. The Morgan fingerprint density at radius 2 is 1.56 bits per heavy atom. The van der Waals surface area contributed by atoms with E-state index >= 15 is 0 Å². The number of hydrogen-bond acceptors (Lipinski definition) is 9. The van der Waals surface area contributed by atoms with Gasteiger partial charge in [-0.25, -0.2) is 0 Å². The molecule has 1 saturated carbocycles. The summed E-state index contributed by atoms with van der Waals surface area (Å²) in [6, 6.07) is 17.0. The Morgan fingerprint density at radius 1 is 0.833 bits per heavy atom. The average molecular weight is 649 g/mol. The normalized spacial score (nSPS) is 21.4. The van der Waals surface area contributed by atoms with Crippen molar-refractivity contribution < 1.29 is 44.6 Å². The van der Waals surface area contributed by atoms with E-state index in [9.17, 15) is 35.4 Å². The molecule has 1 aliphatic carbocycles. The van der Waals surface area contributed by atoms with Gasteiger partial charge in [-0.05, 0) is 94.1 Å². The van der Waals surface area contributed by atoms with Gasteiger partial charge in [0.25, 0.3) is 0 Å². The van der Waals surface area contributed by atoms with Crippen LogP contribution in [0.2, 0.25) is 0 Å². The molecule has 4 aromatic carbocycles. The second-order valence-corrected chi connectivity index (χ2v) is 13.5. The fourth-order valence-electron chi connectivity index (χ4n) is 7.58. The van der Waals surface area contributed by atoms with E-state index in [4.69, 9.17) is 9.15 Å². The summed E-state index contributed by atoms with van der Waals surface area (Å²) < 4.78 is 12.6. The molecule has 2 heterocycles. The van der Waals surface area contributed by atoms with Gasteiger partial charge in [-0.1, -0.05) is 17.7 Å². The number of carbonyl (C=O) groups excluding carboxylic acids is 1. The number of furan rings is 1. The maximum Gasteiger partial charge on any atom is 0.170 e. The van der Waals surface area contributed by atoms with Crippen LogP contribution < -0.4 is 4.74 Å². The van der Waals surface area contributed by atoms with E-state index in [1.807, 2.05) is 26.8 Å². The first-order valence-corrected chi connectivity index (χ1v) is 15.8. The Kier molecular flexibility index (Phi) is 7.31. The van der Waals surface area contributed by atoms with E-state index in [0.29, 0.717) is 46.6 Å². The van der Waals surface area contributed by atoms with Crippen molar-refractivity contribution in [3.8, 4) is 51.6 Å². The monoisotopic (exact) mass is 648 g/mol. The molecule has 9 nitrogen and oxygen atoms in total. The van der Waals surface area contributed by atoms with Gasteiger partial charge in [-0.3, -0.25) is 4.79 Å². The number of allylic oxidation sites excluding steroid dienone is 2. The van der Waals surface area contributed by atoms with Gasteiger partial charge in [0.15, 0.2) is 5.78 Å². The topological polar surface area (TPSA) is 161 Å². The van der Waals surface area contributed by atoms with Crippen LogP contribution in [0.3, 0.4) is 0 Å². The summed E-state index contributed by atoms with van der Waals surface area (Å²) in [5.74, 6) is -2.49. The molecule has 7 rings (SSSR count). The number of ketones is 1. The molecule has 6 N–H and O–H groups in total. The van der Waals surface area contributed by atoms with Gasteiger partial charge in [0.05, 0.1) is 5.56 Å². The Labute approximate surface area is 276 Å². The zero-order chi connectivity index (χ0) is 34.1. The van der Waals surface area contributed by atoms with E-state index in [0.717, 1.165) is 11.0 Å². The van der Waals surface area contributed by atoms with Crippen LogP contribution in [-0.2, 0) is 6.42 Å². The Bertz CT molecular complexity index is 2140. The molecule has 2 aliphatic rings. The van der Waals surface area contributed by atoms with Crippen LogP contribution in [0.25, 0.3) is 22.3 Å². The predicted molar refractivity (Wildman–Crippen MR) is 179 cm³/mol. The first kappa shape index (κ1) is 31.1. The second-order valence-electron chi connectivity index (χ2n) is 13.5. The molecule has 0 saturated heterocycles. The van der Waals surface area contributed by atoms with Crippen LogP contribution in [0.5, 0.6) is 40.2 Å². The van der Waals surface area contributed by atoms with Crippen molar-refractivity contribution in [1.29, 1.82) is 0 Å². The van der Waals surface area contributed by atoms with E-state index in [1.165, 1.54) is 30.3 Å². The summed E-state index contributed by atoms with van der Waals surface area (Å²) in [5, 5.41) is 65.4. The number of Topliss-reactive ketones (excluding diaryl/α,β-unsaturated/α-hetero) is 1. The lowest BCUT2D eigenvalue weighted by Gasteiger charge is -2.51. The van der Waals surface area contributed by atoms with Gasteiger partial charge in [0, 0.05) is 52.0 Å². The van der Waals surface area contributed by atoms with Crippen LogP contribution >= 0.6 is 0 Å². The molecule has 1 fully saturated rings. The lowest BCUT2D eigenvalue weighted by atomic mass is 9.59. The van der Waals surface area contributed by atoms with Crippen LogP contribution in [0.1, 0.15) is 72.5 Å². The number of carbonyl (C=O) groups is 1. The first-order valence-electron chi connectivity index (χ1n) is 15.8. The molecule has 1 aromatic heterocycles. The minimum Gasteiger partial charge on any atom is -0.508 e. The van der Waals surface area contributed by atoms with Crippen LogP contribution in [0.15, 0.2) is 82.8 Å². The van der Waals surface area contributed by atoms with E-state index in [1.54, 1.807) is 36.4 Å². The highest BCUT2D eigenvalue weighted by molar-refractivity contribution is 6.02. The third-order valence-electron chi connectivity index (χ3n) is 9.76. The van der Waals surface area contributed by atoms with Crippen molar-refractivity contribution in [1.82, 2.24) is 0 Å². The number of rotatable bonds is 6. The molecule has 246 valence electrons. The molecular weight excluding hydrogens is 612 g/mol. The van der Waals surface area contributed by atoms with Crippen molar-refractivity contribution in [2.75, 3.05) is 0 Å². The molecule has 0 radical (unpaired) electrons. The van der Waals surface area contributed by atoms with E-state index in [2.05, 4.69) is 0 Å². The quantitative estimate of drug-likeness (QED) is 0.0788. The third-order valence-corrected chi connectivity index (χ3v) is 9.76. The zero-order valence-corrected chi connectivity index (χ0v) is 26.7. The summed E-state index contributed by atoms with van der Waals surface area (Å²) in [6.07, 6.45) is 2.74. The molecule has 4 atom stereocenters. The minimum atomic E-state index is -0.881. The Hall–Kier alpha value is -5.57. The van der Waals surface area contributed by atoms with E-state index in [-0.39, 0.29) is 52.0 Å². The highest BCUT2D eigenvalue weighted by Gasteiger charge is 2.54. The molecule has 48 heavy (non-hydrogen) atoms. The van der Waals surface area contributed by atoms with Gasteiger partial charge in [-0.2, -0.15) is 0 Å². The van der Waals surface area contributed by atoms with Gasteiger partial charge in [0.1, 0.15) is 57.2 Å². The molecule has 0 unspecified atom stereocenters. The number of hydrogen-bond donors (Lipinski definition) is 6. The van der Waals surface area contributed by atoms with Crippen molar-refractivity contribution >= 4 is 16.8 Å². The van der Waals surface area contributed by atoms with E-state index < -0.39 is 29.1 Å². The summed E-state index contributed by atoms with van der Waals surface area (Å²) in [6.45, 7) is 5.73. The van der Waals surface area contributed by atoms with Crippen molar-refractivity contribution in [3.63, 3.8) is 0 Å². The van der Waals surface area contributed by atoms with Crippen molar-refractivity contribution in [3.05, 3.63) is 101 Å². The Balaban J connectivity index is 1.38. The summed E-state index contributed by atoms with van der Waals surface area (Å²) in [5.41, 5.74) is 2.29. The number of phenolic OH excluding ortho intramolecular Hbond substituents is 6. The molecule has 9 heteroatoms. The average Bonchev–Trinajstić information content (AvgIpc) is 3.43. The molecule has 0 spiro atoms. The fraction of sp³-hybridized carbons (Fsp3) is 0.256. The molecule has 2 bridgehead atoms. The number of ether oxygens (including phenoxy) is 1. The SMILES string of the molecule is CC(C)=CCc1c(O)ccc(C(=O)[C@@H]2[C@@H](c3ccc(O)cc3O)C[C@@]3(C)C[C@@H]2c2c(O)cc(-c4cc5ccc(O)cc5o4)cc2O3)c1O. The van der Waals surface area contributed by atoms with Gasteiger partial charge in [0.2, 0.25) is 0 Å². The maximum absolute atomic E-state index is 14.8. The summed E-state index contributed by atoms with van der Waals surface area (Å²) in [4.78, 5) is 14.8. The zero-order valence-electron chi connectivity index (χ0n) is 26.7. The largest absolute Gasteiger partial charge is 0.508 e. The molecule has 5 aromatic rings. The van der Waals surface area contributed by atoms with Gasteiger partial charge >= 0.3 is 0 Å². The second kappa shape index (κ2) is 11.3. The van der Waals surface area contributed by atoms with Crippen molar-refractivity contribution in [2.24, 2.45) is 5.92 Å². The first-order chi connectivity index (χ1) is 22.8. The number of benzene rings is 4. The number of phenols is 6. The lowest BCUT2D eigenvalue weighted by molar-refractivity contribution is -0.00769. The smallest absolute Gasteiger partial charge is 0.170 e. The van der Waals surface area contributed by atoms with Crippen LogP contribution in [0, 0.1) is 5.92 Å². The van der Waals surface area contributed by atoms with Crippen LogP contribution in [0.4, 0.5) is 0 Å². The number of fused-ring (bicyclic) bond motifs is 5. The van der Waals surface area contributed by atoms with Gasteiger partial charge < -0.3 is 39.8 Å². The van der Waals surface area contributed by atoms with Crippen molar-refractivity contribution in [2.45, 2.75) is 57.5 Å². The predicted octanol–water partition coefficient (Wildman–Crippen LogP) is 8.15. The third kappa shape index (κ3) is 5.25. The maximum atomic E-state index is 14.8. The Morgan fingerprint density at radius 3 is 2.31 bits per heavy atom. The highest BCUT2D eigenvalue weighted by atomic mass is 16.5. The fourth-order valence-corrected chi connectivity index (χ4v) is 7.58. The molecular formula is C39H36O9. The molecule has 1 aliphatic heterocycles. The van der Waals surface area contributed by atoms with Gasteiger partial charge in [-0.15, -0.1) is 0 Å². The minimum absolute atomic E-state index is 0.0245. The van der Waals surface area contributed by atoms with Crippen LogP contribution in [-0.4, -0.2) is 42.0 Å². The highest BCUT2D eigenvalue weighted by Crippen LogP contribution is 2.60. The standard InChI is InChI=1S/C39H36O9/c1-19(2)4-8-25-29(42)11-10-26(37(25)45)38(46)35-27(24-9-7-22(40)15-30(24)43)17-39(3)18-28(35)36-31(44)12-21(14-34(36)48-39)32-13-20-5-6-23(41)16-33(20)47-32/h4-7,9-16,27-28,35,40-45H,8,17-18H2,1-3H3/t27-,28+,35-,39+/m1/s1.